The molecule has 1 unspecified atom stereocenters. The lowest BCUT2D eigenvalue weighted by molar-refractivity contribution is 0.454. The van der Waals surface area contributed by atoms with Gasteiger partial charge >= 0.3 is 0 Å². The minimum Gasteiger partial charge on any atom is -0.440 e. The molecule has 0 aliphatic rings. The second-order valence-corrected chi connectivity index (χ2v) is 5.67. The van der Waals surface area contributed by atoms with Crippen molar-refractivity contribution in [1.82, 2.24) is 9.97 Å². The van der Waals surface area contributed by atoms with Gasteiger partial charge in [-0.3, -0.25) is 0 Å². The maximum Gasteiger partial charge on any atom is 0.261 e. The van der Waals surface area contributed by atoms with E-state index in [1.54, 1.807) is 12.5 Å². The fourth-order valence-corrected chi connectivity index (χ4v) is 2.87. The Labute approximate surface area is 121 Å². The van der Waals surface area contributed by atoms with Gasteiger partial charge in [-0.05, 0) is 42.8 Å². The maximum absolute atomic E-state index is 5.93. The Morgan fingerprint density at radius 2 is 2.20 bits per heavy atom. The molecule has 0 radical (unpaired) electrons. The molecule has 0 bridgehead atoms. The molecule has 4 nitrogen and oxygen atoms in total. The van der Waals surface area contributed by atoms with Crippen LogP contribution in [0.2, 0.25) is 0 Å². The number of hydrogen-bond acceptors (Lipinski definition) is 5. The molecule has 1 aromatic carbocycles. The van der Waals surface area contributed by atoms with Crippen molar-refractivity contribution in [1.29, 1.82) is 0 Å². The van der Waals surface area contributed by atoms with Gasteiger partial charge in [-0.25, -0.2) is 9.97 Å². The Hall–Kier alpha value is -1.85. The van der Waals surface area contributed by atoms with Crippen molar-refractivity contribution >= 4 is 22.7 Å². The molecule has 1 atom stereocenters. The monoisotopic (exact) mass is 285 g/mol. The van der Waals surface area contributed by atoms with Gasteiger partial charge in [0.15, 0.2) is 0 Å². The molecule has 2 heterocycles. The highest BCUT2D eigenvalue weighted by Gasteiger charge is 2.12. The van der Waals surface area contributed by atoms with E-state index in [1.165, 1.54) is 11.8 Å². The lowest BCUT2D eigenvalue weighted by Crippen LogP contribution is -2.18. The van der Waals surface area contributed by atoms with Crippen LogP contribution >= 0.6 is 11.8 Å². The second-order valence-electron chi connectivity index (χ2n) is 4.73. The highest BCUT2D eigenvalue weighted by atomic mass is 32.2. The number of fused-ring (bicyclic) bond motifs is 1. The van der Waals surface area contributed by atoms with Crippen LogP contribution < -0.4 is 5.73 Å². The van der Waals surface area contributed by atoms with Crippen molar-refractivity contribution in [3.05, 3.63) is 48.4 Å². The number of pyridine rings is 1. The van der Waals surface area contributed by atoms with E-state index in [0.717, 1.165) is 27.9 Å². The number of nitrogens with two attached hydrogens (primary N) is 1. The lowest BCUT2D eigenvalue weighted by Gasteiger charge is -2.11. The summed E-state index contributed by atoms with van der Waals surface area (Å²) in [4.78, 5) is 8.85. The molecular formula is C15H15N3OS. The Morgan fingerprint density at radius 3 is 2.95 bits per heavy atom. The highest BCUT2D eigenvalue weighted by Crippen LogP contribution is 2.30. The quantitative estimate of drug-likeness (QED) is 0.797. The maximum atomic E-state index is 5.93. The SMILES string of the molecule is CC(N)Cc1cc2ccccc2nc1Sc1ncco1. The molecule has 0 spiro atoms. The van der Waals surface area contributed by atoms with E-state index >= 15 is 0 Å². The van der Waals surface area contributed by atoms with E-state index in [-0.39, 0.29) is 6.04 Å². The predicted octanol–water partition coefficient (Wildman–Crippen LogP) is 3.26. The van der Waals surface area contributed by atoms with Gasteiger partial charge in [-0.1, -0.05) is 18.2 Å². The molecule has 5 heteroatoms. The van der Waals surface area contributed by atoms with E-state index in [0.29, 0.717) is 5.22 Å². The zero-order valence-corrected chi connectivity index (χ0v) is 11.9. The minimum absolute atomic E-state index is 0.0851. The molecule has 0 saturated carbocycles. The second kappa shape index (κ2) is 5.64. The Balaban J connectivity index is 2.06. The van der Waals surface area contributed by atoms with Crippen LogP contribution in [0.1, 0.15) is 12.5 Å². The fourth-order valence-electron chi connectivity index (χ4n) is 2.07. The van der Waals surface area contributed by atoms with Crippen molar-refractivity contribution < 1.29 is 4.42 Å². The molecule has 0 aliphatic heterocycles. The van der Waals surface area contributed by atoms with Crippen molar-refractivity contribution in [3.8, 4) is 0 Å². The van der Waals surface area contributed by atoms with Crippen LogP contribution in [0.25, 0.3) is 10.9 Å². The molecule has 2 aromatic heterocycles. The third kappa shape index (κ3) is 2.84. The predicted molar refractivity (Wildman–Crippen MR) is 79.7 cm³/mol. The summed E-state index contributed by atoms with van der Waals surface area (Å²) in [7, 11) is 0. The van der Waals surface area contributed by atoms with Crippen molar-refractivity contribution in [3.63, 3.8) is 0 Å². The first-order valence-corrected chi connectivity index (χ1v) is 7.25. The Bertz CT molecular complexity index is 710. The molecule has 0 saturated heterocycles. The normalized spacial score (nSPS) is 12.7. The largest absolute Gasteiger partial charge is 0.440 e. The van der Waals surface area contributed by atoms with Crippen LogP contribution in [-0.2, 0) is 6.42 Å². The number of oxazole rings is 1. The van der Waals surface area contributed by atoms with Crippen molar-refractivity contribution in [2.24, 2.45) is 5.73 Å². The summed E-state index contributed by atoms with van der Waals surface area (Å²) in [5.74, 6) is 0. The molecule has 20 heavy (non-hydrogen) atoms. The number of rotatable bonds is 4. The zero-order valence-electron chi connectivity index (χ0n) is 11.1. The van der Waals surface area contributed by atoms with Gasteiger partial charge in [-0.2, -0.15) is 0 Å². The molecular weight excluding hydrogens is 270 g/mol. The van der Waals surface area contributed by atoms with E-state index in [9.17, 15) is 0 Å². The van der Waals surface area contributed by atoms with Crippen molar-refractivity contribution in [2.75, 3.05) is 0 Å². The van der Waals surface area contributed by atoms with Gasteiger partial charge in [-0.15, -0.1) is 0 Å². The number of hydrogen-bond donors (Lipinski definition) is 1. The Morgan fingerprint density at radius 1 is 1.35 bits per heavy atom. The number of aromatic nitrogens is 2. The van der Waals surface area contributed by atoms with Crippen LogP contribution in [0.5, 0.6) is 0 Å². The topological polar surface area (TPSA) is 64.9 Å². The minimum atomic E-state index is 0.0851. The molecule has 0 aliphatic carbocycles. The van der Waals surface area contributed by atoms with Crippen molar-refractivity contribution in [2.45, 2.75) is 29.6 Å². The molecule has 2 N–H and O–H groups in total. The third-order valence-corrected chi connectivity index (χ3v) is 3.82. The van der Waals surface area contributed by atoms with Gasteiger partial charge in [0, 0.05) is 11.4 Å². The summed E-state index contributed by atoms with van der Waals surface area (Å²) in [6, 6.07) is 10.3. The van der Waals surface area contributed by atoms with Crippen LogP contribution in [0.15, 0.2) is 57.5 Å². The first-order chi connectivity index (χ1) is 9.72. The van der Waals surface area contributed by atoms with Gasteiger partial charge in [0.05, 0.1) is 11.7 Å². The lowest BCUT2D eigenvalue weighted by atomic mass is 10.1. The van der Waals surface area contributed by atoms with E-state index < -0.39 is 0 Å². The first kappa shape index (κ1) is 13.1. The molecule has 3 rings (SSSR count). The van der Waals surface area contributed by atoms with E-state index in [4.69, 9.17) is 15.1 Å². The van der Waals surface area contributed by atoms with Crippen LogP contribution in [-0.4, -0.2) is 16.0 Å². The third-order valence-electron chi connectivity index (χ3n) is 2.90. The Kier molecular flexibility index (Phi) is 3.71. The summed E-state index contributed by atoms with van der Waals surface area (Å²) in [5, 5.41) is 2.63. The fraction of sp³-hybridized carbons (Fsp3) is 0.200. The smallest absolute Gasteiger partial charge is 0.261 e. The van der Waals surface area contributed by atoms with Crippen LogP contribution in [0, 0.1) is 0 Å². The average molecular weight is 285 g/mol. The van der Waals surface area contributed by atoms with Gasteiger partial charge < -0.3 is 10.2 Å². The molecule has 0 amide bonds. The standard InChI is InChI=1S/C15H15N3OS/c1-10(16)8-12-9-11-4-2-3-5-13(11)18-14(12)20-15-17-6-7-19-15/h2-7,9-10H,8,16H2,1H3. The number of nitrogens with zero attached hydrogens (tertiary/aromatic N) is 2. The van der Waals surface area contributed by atoms with Gasteiger partial charge in [0.2, 0.25) is 0 Å². The first-order valence-electron chi connectivity index (χ1n) is 6.44. The van der Waals surface area contributed by atoms with Crippen LogP contribution in [0.3, 0.4) is 0 Å². The zero-order chi connectivity index (χ0) is 13.9. The highest BCUT2D eigenvalue weighted by molar-refractivity contribution is 7.99. The molecule has 3 aromatic rings. The summed E-state index contributed by atoms with van der Waals surface area (Å²) in [5.41, 5.74) is 8.03. The van der Waals surface area contributed by atoms with E-state index in [2.05, 4.69) is 17.1 Å². The average Bonchev–Trinajstić information content (AvgIpc) is 2.92. The summed E-state index contributed by atoms with van der Waals surface area (Å²) < 4.78 is 5.29. The van der Waals surface area contributed by atoms with Crippen LogP contribution in [0.4, 0.5) is 0 Å². The van der Waals surface area contributed by atoms with E-state index in [1.807, 2.05) is 25.1 Å². The summed E-state index contributed by atoms with van der Waals surface area (Å²) >= 11 is 1.43. The van der Waals surface area contributed by atoms with Gasteiger partial charge in [0.1, 0.15) is 11.3 Å². The molecule has 102 valence electrons. The van der Waals surface area contributed by atoms with Gasteiger partial charge in [0.25, 0.3) is 5.22 Å². The number of para-hydroxylation sites is 1. The number of benzene rings is 1. The summed E-state index contributed by atoms with van der Waals surface area (Å²) in [6.07, 6.45) is 3.98. The summed E-state index contributed by atoms with van der Waals surface area (Å²) in [6.45, 7) is 1.99. The molecule has 0 fully saturated rings.